The van der Waals surface area contributed by atoms with E-state index in [0.29, 0.717) is 11.5 Å². The average Bonchev–Trinajstić information content (AvgIpc) is 2.33. The van der Waals surface area contributed by atoms with Crippen LogP contribution in [0.15, 0.2) is 18.2 Å². The molecule has 2 rings (SSSR count). The van der Waals surface area contributed by atoms with Crippen molar-refractivity contribution in [2.45, 2.75) is 13.3 Å². The van der Waals surface area contributed by atoms with E-state index in [4.69, 9.17) is 10.3 Å². The number of nitrogens with two attached hydrogens (primary N) is 1. The molecule has 0 bridgehead atoms. The van der Waals surface area contributed by atoms with Gasteiger partial charge in [-0.05, 0) is 18.1 Å². The van der Waals surface area contributed by atoms with Gasteiger partial charge in [0.1, 0.15) is 5.69 Å². The Hall–Kier alpha value is -1.87. The largest absolute Gasteiger partial charge is 0.476 e. The molecule has 0 amide bonds. The van der Waals surface area contributed by atoms with Gasteiger partial charge in [0.25, 0.3) is 0 Å². The van der Waals surface area contributed by atoms with E-state index in [2.05, 4.69) is 15.3 Å². The van der Waals surface area contributed by atoms with E-state index < -0.39 is 10.4 Å². The van der Waals surface area contributed by atoms with Gasteiger partial charge in [0.2, 0.25) is 5.82 Å². The van der Waals surface area contributed by atoms with Crippen LogP contribution in [0.25, 0.3) is 0 Å². The molecule has 0 aromatic carbocycles. The molecule has 0 radical (unpaired) electrons. The Morgan fingerprint density at radius 3 is 2.79 bits per heavy atom. The second kappa shape index (κ2) is 5.02. The highest BCUT2D eigenvalue weighted by molar-refractivity contribution is 7.80. The third-order valence-corrected chi connectivity index (χ3v) is 2.98. The number of nitrogen functional groups attached to an aromatic ring is 1. The monoisotopic (exact) mass is 287 g/mol. The fourth-order valence-electron chi connectivity index (χ4n) is 1.82. The molecule has 0 atom stereocenters. The second-order valence-corrected chi connectivity index (χ2v) is 5.12. The zero-order chi connectivity index (χ0) is 14.0. The van der Waals surface area contributed by atoms with Crippen LogP contribution in [0, 0.1) is 6.92 Å². The van der Waals surface area contributed by atoms with E-state index in [1.807, 2.05) is 11.0 Å². The van der Waals surface area contributed by atoms with E-state index in [1.54, 1.807) is 13.0 Å². The van der Waals surface area contributed by atoms with Crippen LogP contribution >= 0.6 is 0 Å². The van der Waals surface area contributed by atoms with Crippen molar-refractivity contribution in [2.24, 2.45) is 0 Å². The number of hydrogen-bond acceptors (Lipinski definition) is 6. The molecule has 104 valence electrons. The number of hydrogen-bond donors (Lipinski definition) is 2. The van der Waals surface area contributed by atoms with E-state index >= 15 is 0 Å². The van der Waals surface area contributed by atoms with E-state index in [-0.39, 0.29) is 5.95 Å². The summed E-state index contributed by atoms with van der Waals surface area (Å²) in [6.07, 6.45) is 5.01. The first-order valence-corrected chi connectivity index (χ1v) is 7.00. The van der Waals surface area contributed by atoms with Crippen molar-refractivity contribution in [3.63, 3.8) is 0 Å². The van der Waals surface area contributed by atoms with Gasteiger partial charge in [-0.2, -0.15) is 8.42 Å². The van der Waals surface area contributed by atoms with Gasteiger partial charge in [-0.1, -0.05) is 17.1 Å². The molecule has 9 heteroatoms. The summed E-state index contributed by atoms with van der Waals surface area (Å²) in [6, 6.07) is 1.64. The van der Waals surface area contributed by atoms with Gasteiger partial charge in [0.05, 0.1) is 0 Å². The van der Waals surface area contributed by atoms with Gasteiger partial charge in [-0.3, -0.25) is 10.3 Å². The van der Waals surface area contributed by atoms with Gasteiger partial charge >= 0.3 is 16.3 Å². The quantitative estimate of drug-likeness (QED) is 0.428. The molecular formula is C10H15N4O4S+. The highest BCUT2D eigenvalue weighted by Crippen LogP contribution is 2.15. The maximum atomic E-state index is 10.7. The van der Waals surface area contributed by atoms with E-state index in [0.717, 1.165) is 24.2 Å². The van der Waals surface area contributed by atoms with Gasteiger partial charge in [0.15, 0.2) is 0 Å². The Bertz CT molecular complexity index is 591. The zero-order valence-corrected chi connectivity index (χ0v) is 11.2. The van der Waals surface area contributed by atoms with Crippen molar-refractivity contribution in [1.29, 1.82) is 0 Å². The molecule has 0 unspecified atom stereocenters. The smallest absolute Gasteiger partial charge is 0.339 e. The molecule has 8 nitrogen and oxygen atoms in total. The fourth-order valence-corrected chi connectivity index (χ4v) is 2.21. The van der Waals surface area contributed by atoms with Crippen LogP contribution in [0.3, 0.4) is 0 Å². The van der Waals surface area contributed by atoms with Crippen LogP contribution in [0.1, 0.15) is 12.1 Å². The molecule has 0 aliphatic carbocycles. The van der Waals surface area contributed by atoms with Gasteiger partial charge in [-0.25, -0.2) is 4.28 Å². The van der Waals surface area contributed by atoms with E-state index in [9.17, 15) is 8.42 Å². The summed E-state index contributed by atoms with van der Waals surface area (Å²) >= 11 is 0. The maximum absolute atomic E-state index is 10.7. The molecule has 1 aromatic heterocycles. The van der Waals surface area contributed by atoms with Crippen molar-refractivity contribution in [2.75, 3.05) is 23.7 Å². The molecule has 19 heavy (non-hydrogen) atoms. The first-order valence-electron chi connectivity index (χ1n) is 5.63. The normalized spacial score (nSPS) is 15.6. The number of nitrogens with zero attached hydrogens (tertiary/aromatic N) is 3. The minimum absolute atomic E-state index is 0.151. The summed E-state index contributed by atoms with van der Waals surface area (Å²) in [5.41, 5.74) is 6.05. The highest BCUT2D eigenvalue weighted by Gasteiger charge is 2.22. The summed E-state index contributed by atoms with van der Waals surface area (Å²) in [5, 5.41) is 0. The standard InChI is InChI=1S/C10H14N4O4S/c1-8-7-9(13-5-3-2-4-6-13)12-10(11)14(8)18-19(15,16)17/h2-3,7,11H,4-6H2,1H3,(H,15,16,17)/p+1. The fraction of sp³-hybridized carbons (Fsp3) is 0.400. The van der Waals surface area contributed by atoms with Gasteiger partial charge < -0.3 is 4.90 Å². The van der Waals surface area contributed by atoms with E-state index in [1.165, 1.54) is 0 Å². The molecule has 0 spiro atoms. The lowest BCUT2D eigenvalue weighted by Gasteiger charge is -2.22. The Balaban J connectivity index is 2.33. The Morgan fingerprint density at radius 1 is 1.53 bits per heavy atom. The molecule has 1 aliphatic rings. The third kappa shape index (κ3) is 3.32. The second-order valence-electron chi connectivity index (χ2n) is 4.12. The topological polar surface area (TPSA) is 110 Å². The molecule has 1 aromatic rings. The van der Waals surface area contributed by atoms with Crippen LogP contribution in [-0.2, 0) is 10.4 Å². The van der Waals surface area contributed by atoms with Crippen molar-refractivity contribution >= 4 is 22.2 Å². The Morgan fingerprint density at radius 2 is 2.26 bits per heavy atom. The van der Waals surface area contributed by atoms with Crippen LogP contribution in [-0.4, -0.2) is 31.0 Å². The maximum Gasteiger partial charge on any atom is 0.476 e. The molecule has 3 N–H and O–H groups in total. The van der Waals surface area contributed by atoms with Crippen LogP contribution in [0.4, 0.5) is 11.8 Å². The number of aromatic nitrogens is 2. The summed E-state index contributed by atoms with van der Waals surface area (Å²) in [6.45, 7) is 3.13. The molecule has 1 aliphatic heterocycles. The zero-order valence-electron chi connectivity index (χ0n) is 10.4. The predicted octanol–water partition coefficient (Wildman–Crippen LogP) is -0.743. The molecule has 2 heterocycles. The van der Waals surface area contributed by atoms with Crippen molar-refractivity contribution in [1.82, 2.24) is 4.98 Å². The number of rotatable bonds is 3. The van der Waals surface area contributed by atoms with Crippen molar-refractivity contribution in [3.05, 3.63) is 23.9 Å². The van der Waals surface area contributed by atoms with Crippen LogP contribution in [0.5, 0.6) is 0 Å². The van der Waals surface area contributed by atoms with Crippen LogP contribution < -0.4 is 19.6 Å². The lowest BCUT2D eigenvalue weighted by Crippen LogP contribution is -2.51. The number of aryl methyl sites for hydroxylation is 1. The molecule has 0 saturated carbocycles. The van der Waals surface area contributed by atoms with Crippen molar-refractivity contribution in [3.8, 4) is 0 Å². The summed E-state index contributed by atoms with van der Waals surface area (Å²) in [7, 11) is -4.64. The summed E-state index contributed by atoms with van der Waals surface area (Å²) < 4.78 is 35.2. The lowest BCUT2D eigenvalue weighted by molar-refractivity contribution is -0.851. The SMILES string of the molecule is Cc1cc(N2CC=CCC2)nc(N)[n+]1OS(=O)(=O)O. The van der Waals surface area contributed by atoms with Crippen molar-refractivity contribution < 1.29 is 22.0 Å². The lowest BCUT2D eigenvalue weighted by atomic mass is 10.2. The third-order valence-electron chi connectivity index (χ3n) is 2.65. The summed E-state index contributed by atoms with van der Waals surface area (Å²) in [4.78, 5) is 6.08. The summed E-state index contributed by atoms with van der Waals surface area (Å²) in [5.74, 6) is 0.483. The molecule has 0 saturated heterocycles. The first-order chi connectivity index (χ1) is 8.87. The predicted molar refractivity (Wildman–Crippen MR) is 67.7 cm³/mol. The molecular weight excluding hydrogens is 272 g/mol. The number of anilines is 2. The average molecular weight is 287 g/mol. The minimum atomic E-state index is -4.64. The van der Waals surface area contributed by atoms with Gasteiger partial charge in [-0.15, -0.1) is 0 Å². The highest BCUT2D eigenvalue weighted by atomic mass is 32.3. The van der Waals surface area contributed by atoms with Crippen LogP contribution in [0.2, 0.25) is 0 Å². The van der Waals surface area contributed by atoms with Gasteiger partial charge in [0, 0.05) is 19.2 Å². The molecule has 0 fully saturated rings. The minimum Gasteiger partial charge on any atom is -0.339 e. The Kier molecular flexibility index (Phi) is 3.58. The Labute approximate surface area is 111 Å². The first kappa shape index (κ1) is 13.6.